The molecule has 0 saturated carbocycles. The van der Waals surface area contributed by atoms with E-state index in [1.807, 2.05) is 6.92 Å². The second kappa shape index (κ2) is 10.1. The van der Waals surface area contributed by atoms with Crippen molar-refractivity contribution in [1.82, 2.24) is 10.6 Å². The molecule has 108 valence electrons. The minimum atomic E-state index is -2.87. The lowest BCUT2D eigenvalue weighted by Crippen LogP contribution is -2.38. The average molecular weight is 279 g/mol. The fourth-order valence-corrected chi connectivity index (χ4v) is 1.96. The van der Waals surface area contributed by atoms with Gasteiger partial charge < -0.3 is 15.4 Å². The number of aliphatic imine (C=N–C) groups is 1. The molecule has 0 aromatic heterocycles. The number of sulfone groups is 1. The van der Waals surface area contributed by atoms with E-state index in [-0.39, 0.29) is 5.75 Å². The number of rotatable bonds is 9. The molecule has 0 aliphatic rings. The predicted molar refractivity (Wildman–Crippen MR) is 74.8 cm³/mol. The van der Waals surface area contributed by atoms with Crippen LogP contribution in [-0.4, -0.2) is 59.7 Å². The predicted octanol–water partition coefficient (Wildman–Crippen LogP) is 0.0127. The molecule has 0 aromatic rings. The van der Waals surface area contributed by atoms with Crippen molar-refractivity contribution in [2.75, 3.05) is 45.4 Å². The summed E-state index contributed by atoms with van der Waals surface area (Å²) in [6.07, 6.45) is 2.74. The molecule has 18 heavy (non-hydrogen) atoms. The van der Waals surface area contributed by atoms with Crippen LogP contribution in [-0.2, 0) is 14.6 Å². The zero-order chi connectivity index (χ0) is 13.9. The van der Waals surface area contributed by atoms with Crippen LogP contribution in [0, 0.1) is 0 Å². The van der Waals surface area contributed by atoms with Gasteiger partial charge in [0.2, 0.25) is 0 Å². The number of ether oxygens (including phenoxy) is 1. The molecule has 0 spiro atoms. The van der Waals surface area contributed by atoms with Crippen LogP contribution in [0.5, 0.6) is 0 Å². The SMILES string of the molecule is CCOCCCNC(=NC)NCCCS(C)(=O)=O. The second-order valence-corrected chi connectivity index (χ2v) is 6.22. The third-order valence-corrected chi connectivity index (χ3v) is 3.20. The van der Waals surface area contributed by atoms with Crippen molar-refractivity contribution in [1.29, 1.82) is 0 Å². The normalized spacial score (nSPS) is 12.5. The van der Waals surface area contributed by atoms with Crippen molar-refractivity contribution in [2.24, 2.45) is 4.99 Å². The number of hydrogen-bond donors (Lipinski definition) is 2. The van der Waals surface area contributed by atoms with Crippen LogP contribution in [0.25, 0.3) is 0 Å². The maximum atomic E-state index is 10.9. The molecular formula is C11H25N3O3S. The van der Waals surface area contributed by atoms with Crippen LogP contribution in [0.15, 0.2) is 4.99 Å². The summed E-state index contributed by atoms with van der Waals surface area (Å²) in [6, 6.07) is 0. The van der Waals surface area contributed by atoms with Crippen molar-refractivity contribution in [3.8, 4) is 0 Å². The molecule has 0 aliphatic heterocycles. The quantitative estimate of drug-likeness (QED) is 0.353. The topological polar surface area (TPSA) is 79.8 Å². The lowest BCUT2D eigenvalue weighted by molar-refractivity contribution is 0.145. The van der Waals surface area contributed by atoms with Gasteiger partial charge in [-0.15, -0.1) is 0 Å². The van der Waals surface area contributed by atoms with Crippen LogP contribution in [0.1, 0.15) is 19.8 Å². The molecule has 6 nitrogen and oxygen atoms in total. The van der Waals surface area contributed by atoms with Gasteiger partial charge in [-0.2, -0.15) is 0 Å². The Balaban J connectivity index is 3.60. The number of nitrogens with zero attached hydrogens (tertiary/aromatic N) is 1. The van der Waals surface area contributed by atoms with E-state index in [4.69, 9.17) is 4.74 Å². The smallest absolute Gasteiger partial charge is 0.190 e. The molecule has 0 rings (SSSR count). The summed E-state index contributed by atoms with van der Waals surface area (Å²) in [5.41, 5.74) is 0. The van der Waals surface area contributed by atoms with Crippen LogP contribution < -0.4 is 10.6 Å². The van der Waals surface area contributed by atoms with Crippen LogP contribution in [0.4, 0.5) is 0 Å². The summed E-state index contributed by atoms with van der Waals surface area (Å²) in [4.78, 5) is 4.04. The molecule has 0 saturated heterocycles. The van der Waals surface area contributed by atoms with Gasteiger partial charge in [0.15, 0.2) is 5.96 Å². The third-order valence-electron chi connectivity index (χ3n) is 2.17. The summed E-state index contributed by atoms with van der Waals surface area (Å²) in [6.45, 7) is 4.81. The molecule has 0 aliphatic carbocycles. The maximum absolute atomic E-state index is 10.9. The Labute approximate surface area is 110 Å². The van der Waals surface area contributed by atoms with Crippen molar-refractivity contribution < 1.29 is 13.2 Å². The summed E-state index contributed by atoms with van der Waals surface area (Å²) in [5.74, 6) is 0.890. The van der Waals surface area contributed by atoms with Crippen molar-refractivity contribution in [2.45, 2.75) is 19.8 Å². The highest BCUT2D eigenvalue weighted by Gasteiger charge is 2.02. The van der Waals surface area contributed by atoms with Crippen LogP contribution in [0.3, 0.4) is 0 Å². The Morgan fingerprint density at radius 3 is 2.33 bits per heavy atom. The Morgan fingerprint density at radius 2 is 1.83 bits per heavy atom. The highest BCUT2D eigenvalue weighted by Crippen LogP contribution is 1.87. The first-order chi connectivity index (χ1) is 8.49. The Kier molecular flexibility index (Phi) is 9.67. The zero-order valence-electron chi connectivity index (χ0n) is 11.5. The Morgan fingerprint density at radius 1 is 1.22 bits per heavy atom. The van der Waals surface area contributed by atoms with Crippen LogP contribution >= 0.6 is 0 Å². The molecule has 2 N–H and O–H groups in total. The van der Waals surface area contributed by atoms with Crippen LogP contribution in [0.2, 0.25) is 0 Å². The van der Waals surface area contributed by atoms with Gasteiger partial charge in [-0.25, -0.2) is 8.42 Å². The third kappa shape index (κ3) is 11.7. The monoisotopic (exact) mass is 279 g/mol. The molecule has 0 aromatic carbocycles. The van der Waals surface area contributed by atoms with Gasteiger partial charge in [-0.1, -0.05) is 0 Å². The summed E-state index contributed by atoms with van der Waals surface area (Å²) < 4.78 is 27.1. The molecule has 0 amide bonds. The van der Waals surface area contributed by atoms with E-state index < -0.39 is 9.84 Å². The van der Waals surface area contributed by atoms with Gasteiger partial charge in [0.25, 0.3) is 0 Å². The fraction of sp³-hybridized carbons (Fsp3) is 0.909. The second-order valence-electron chi connectivity index (χ2n) is 3.96. The van der Waals surface area contributed by atoms with Gasteiger partial charge in [0.05, 0.1) is 5.75 Å². The van der Waals surface area contributed by atoms with E-state index >= 15 is 0 Å². The minimum Gasteiger partial charge on any atom is -0.382 e. The molecule has 7 heteroatoms. The largest absolute Gasteiger partial charge is 0.382 e. The standard InChI is InChI=1S/C11H25N3O3S/c1-4-17-9-5-7-13-11(12-2)14-8-6-10-18(3,15)16/h4-10H2,1-3H3,(H2,12,13,14). The maximum Gasteiger partial charge on any atom is 0.190 e. The van der Waals surface area contributed by atoms with Gasteiger partial charge in [-0.3, -0.25) is 4.99 Å². The van der Waals surface area contributed by atoms with E-state index in [0.717, 1.165) is 26.2 Å². The van der Waals surface area contributed by atoms with Gasteiger partial charge in [0.1, 0.15) is 9.84 Å². The molecular weight excluding hydrogens is 254 g/mol. The highest BCUT2D eigenvalue weighted by molar-refractivity contribution is 7.90. The average Bonchev–Trinajstić information content (AvgIpc) is 2.30. The highest BCUT2D eigenvalue weighted by atomic mass is 32.2. The van der Waals surface area contributed by atoms with Gasteiger partial charge in [-0.05, 0) is 19.8 Å². The van der Waals surface area contributed by atoms with E-state index in [9.17, 15) is 8.42 Å². The first-order valence-electron chi connectivity index (χ1n) is 6.19. The van der Waals surface area contributed by atoms with E-state index in [1.54, 1.807) is 7.05 Å². The minimum absolute atomic E-state index is 0.196. The van der Waals surface area contributed by atoms with E-state index in [1.165, 1.54) is 6.26 Å². The summed E-state index contributed by atoms with van der Waals surface area (Å²) in [7, 11) is -1.18. The zero-order valence-corrected chi connectivity index (χ0v) is 12.3. The molecule has 0 radical (unpaired) electrons. The first kappa shape index (κ1) is 17.2. The first-order valence-corrected chi connectivity index (χ1v) is 8.25. The Bertz CT molecular complexity index is 328. The van der Waals surface area contributed by atoms with Gasteiger partial charge in [0, 0.05) is 39.6 Å². The molecule has 0 atom stereocenters. The van der Waals surface area contributed by atoms with Crippen molar-refractivity contribution >= 4 is 15.8 Å². The number of guanidine groups is 1. The van der Waals surface area contributed by atoms with Crippen molar-refractivity contribution in [3.05, 3.63) is 0 Å². The van der Waals surface area contributed by atoms with Gasteiger partial charge >= 0.3 is 0 Å². The number of nitrogens with one attached hydrogen (secondary N) is 2. The van der Waals surface area contributed by atoms with E-state index in [2.05, 4.69) is 15.6 Å². The summed E-state index contributed by atoms with van der Waals surface area (Å²) in [5, 5.41) is 6.20. The Hall–Kier alpha value is -0.820. The molecule has 0 unspecified atom stereocenters. The molecule has 0 fully saturated rings. The van der Waals surface area contributed by atoms with Crippen molar-refractivity contribution in [3.63, 3.8) is 0 Å². The van der Waals surface area contributed by atoms with E-state index in [0.29, 0.717) is 18.9 Å². The lowest BCUT2D eigenvalue weighted by atomic mass is 10.4. The summed E-state index contributed by atoms with van der Waals surface area (Å²) >= 11 is 0. The molecule has 0 bridgehead atoms. The fourth-order valence-electron chi connectivity index (χ4n) is 1.29. The number of hydrogen-bond acceptors (Lipinski definition) is 4. The molecule has 0 heterocycles. The lowest BCUT2D eigenvalue weighted by Gasteiger charge is -2.11.